The van der Waals surface area contributed by atoms with E-state index in [0.29, 0.717) is 6.08 Å². The molecule has 22 heavy (non-hydrogen) atoms. The number of alkyl halides is 9. The van der Waals surface area contributed by atoms with Crippen molar-refractivity contribution >= 4 is 6.08 Å². The summed E-state index contributed by atoms with van der Waals surface area (Å²) in [6, 6.07) is -6.08. The third kappa shape index (κ3) is 2.16. The van der Waals surface area contributed by atoms with Gasteiger partial charge in [-0.25, -0.2) is 4.57 Å². The molecule has 2 N–H and O–H groups in total. The third-order valence-corrected chi connectivity index (χ3v) is 2.61. The Balaban J connectivity index is 3.59. The van der Waals surface area contributed by atoms with Gasteiger partial charge in [0.15, 0.2) is 5.88 Å². The minimum Gasteiger partial charge on any atom is -0.494 e. The first-order valence-corrected chi connectivity index (χ1v) is 5.09. The lowest BCUT2D eigenvalue weighted by Crippen LogP contribution is -2.61. The largest absolute Gasteiger partial charge is 0.494 e. The maximum atomic E-state index is 13.5. The van der Waals surface area contributed by atoms with Crippen LogP contribution >= 0.6 is 0 Å². The molecule has 0 aliphatic heterocycles. The first kappa shape index (κ1) is 18.0. The van der Waals surface area contributed by atoms with Gasteiger partial charge in [0.05, 0.1) is 0 Å². The summed E-state index contributed by atoms with van der Waals surface area (Å²) in [6.45, 7) is 2.93. The minimum atomic E-state index is -7.14. The highest BCUT2D eigenvalue weighted by molar-refractivity contribution is 5.56. The van der Waals surface area contributed by atoms with Gasteiger partial charge < -0.3 is 10.2 Å². The number of halogens is 9. The number of aromatic hydroxyl groups is 2. The summed E-state index contributed by atoms with van der Waals surface area (Å²) in [5.74, 6) is -17.9. The van der Waals surface area contributed by atoms with Crippen molar-refractivity contribution in [1.82, 2.24) is 4.57 Å². The minimum absolute atomic E-state index is 0.220. The fourth-order valence-corrected chi connectivity index (χ4v) is 1.44. The van der Waals surface area contributed by atoms with Crippen LogP contribution in [-0.4, -0.2) is 32.8 Å². The molecular formula is C10H6F9NO2. The van der Waals surface area contributed by atoms with Crippen LogP contribution in [0.3, 0.4) is 0 Å². The second-order valence-corrected chi connectivity index (χ2v) is 4.01. The van der Waals surface area contributed by atoms with Gasteiger partial charge >= 0.3 is 24.1 Å². The summed E-state index contributed by atoms with van der Waals surface area (Å²) < 4.78 is 113. The van der Waals surface area contributed by atoms with E-state index in [4.69, 9.17) is 10.2 Å². The average molecular weight is 343 g/mol. The quantitative estimate of drug-likeness (QED) is 0.814. The zero-order chi connectivity index (χ0) is 17.7. The number of hydrogen-bond acceptors (Lipinski definition) is 2. The molecule has 126 valence electrons. The van der Waals surface area contributed by atoms with E-state index in [1.54, 1.807) is 0 Å². The summed E-state index contributed by atoms with van der Waals surface area (Å²) in [5, 5.41) is 18.2. The van der Waals surface area contributed by atoms with Crippen LogP contribution in [0.25, 0.3) is 6.08 Å². The molecule has 0 aliphatic carbocycles. The van der Waals surface area contributed by atoms with Crippen LogP contribution in [0.5, 0.6) is 11.8 Å². The highest BCUT2D eigenvalue weighted by Crippen LogP contribution is 2.56. The molecule has 1 rings (SSSR count). The van der Waals surface area contributed by atoms with E-state index in [9.17, 15) is 39.5 Å². The molecule has 12 heteroatoms. The third-order valence-electron chi connectivity index (χ3n) is 2.61. The number of hydrogen-bond donors (Lipinski definition) is 2. The normalized spacial score (nSPS) is 14.2. The number of nitrogens with zero attached hydrogens (tertiary/aromatic N) is 1. The molecule has 0 saturated carbocycles. The Morgan fingerprint density at radius 1 is 0.909 bits per heavy atom. The number of rotatable bonds is 4. The van der Waals surface area contributed by atoms with Crippen molar-refractivity contribution in [1.29, 1.82) is 0 Å². The Kier molecular flexibility index (Phi) is 3.89. The van der Waals surface area contributed by atoms with Gasteiger partial charge in [-0.3, -0.25) is 0 Å². The fraction of sp³-hybridized carbons (Fsp3) is 0.400. The standard InChI is InChI=1S/C10H6F9NO2/c1-2-4-3-5(21)20(6(4)22)10(18,19)8(13,14)7(11,12)9(15,16)17/h2-3,21-22H,1H2. The molecule has 1 heterocycles. The maximum Gasteiger partial charge on any atom is 0.460 e. The molecule has 0 radical (unpaired) electrons. The second-order valence-electron chi connectivity index (χ2n) is 4.01. The van der Waals surface area contributed by atoms with E-state index >= 15 is 0 Å². The first-order chi connectivity index (χ1) is 9.63. The summed E-state index contributed by atoms with van der Waals surface area (Å²) in [6.07, 6.45) is -6.43. The number of aromatic nitrogens is 1. The van der Waals surface area contributed by atoms with E-state index in [-0.39, 0.29) is 6.07 Å². The van der Waals surface area contributed by atoms with Crippen LogP contribution in [0.15, 0.2) is 12.6 Å². The van der Waals surface area contributed by atoms with Crippen molar-refractivity contribution in [2.24, 2.45) is 0 Å². The molecule has 3 nitrogen and oxygen atoms in total. The molecule has 1 aromatic heterocycles. The average Bonchev–Trinajstić information content (AvgIpc) is 2.62. The predicted octanol–water partition coefficient (Wildman–Crippen LogP) is 3.92. The highest BCUT2D eigenvalue weighted by Gasteiger charge is 2.83. The van der Waals surface area contributed by atoms with Crippen molar-refractivity contribution in [3.8, 4) is 11.8 Å². The molecule has 0 saturated heterocycles. The van der Waals surface area contributed by atoms with Crippen molar-refractivity contribution in [3.05, 3.63) is 18.2 Å². The van der Waals surface area contributed by atoms with Crippen LogP contribution in [0.1, 0.15) is 5.56 Å². The highest BCUT2D eigenvalue weighted by atomic mass is 19.4. The fourth-order valence-electron chi connectivity index (χ4n) is 1.44. The lowest BCUT2D eigenvalue weighted by molar-refractivity contribution is -0.414. The summed E-state index contributed by atoms with van der Waals surface area (Å²) in [5.41, 5.74) is -0.789. The monoisotopic (exact) mass is 343 g/mol. The molecule has 0 bridgehead atoms. The Labute approximate surface area is 115 Å². The molecular weight excluding hydrogens is 337 g/mol. The van der Waals surface area contributed by atoms with Gasteiger partial charge in [0.1, 0.15) is 0 Å². The van der Waals surface area contributed by atoms with Gasteiger partial charge in [0, 0.05) is 11.6 Å². The van der Waals surface area contributed by atoms with E-state index in [0.717, 1.165) is 0 Å². The van der Waals surface area contributed by atoms with Gasteiger partial charge in [-0.1, -0.05) is 12.7 Å². The summed E-state index contributed by atoms with van der Waals surface area (Å²) in [7, 11) is 0. The second kappa shape index (κ2) is 4.74. The van der Waals surface area contributed by atoms with Gasteiger partial charge in [0.2, 0.25) is 5.88 Å². The van der Waals surface area contributed by atoms with Gasteiger partial charge in [0.25, 0.3) is 0 Å². The summed E-state index contributed by atoms with van der Waals surface area (Å²) >= 11 is 0. The van der Waals surface area contributed by atoms with Crippen LogP contribution in [0, 0.1) is 0 Å². The van der Waals surface area contributed by atoms with Gasteiger partial charge in [-0.2, -0.15) is 39.5 Å². The Hall–Kier alpha value is -2.01. The van der Waals surface area contributed by atoms with E-state index in [1.807, 2.05) is 0 Å². The van der Waals surface area contributed by atoms with Gasteiger partial charge in [-0.15, -0.1) is 0 Å². The van der Waals surface area contributed by atoms with E-state index in [1.165, 1.54) is 0 Å². The molecule has 0 fully saturated rings. The molecule has 0 unspecified atom stereocenters. The van der Waals surface area contributed by atoms with Crippen LogP contribution < -0.4 is 0 Å². The predicted molar refractivity (Wildman–Crippen MR) is 54.0 cm³/mol. The van der Waals surface area contributed by atoms with Crippen LogP contribution in [0.2, 0.25) is 0 Å². The summed E-state index contributed by atoms with van der Waals surface area (Å²) in [4.78, 5) is 0. The van der Waals surface area contributed by atoms with Crippen molar-refractivity contribution in [3.63, 3.8) is 0 Å². The van der Waals surface area contributed by atoms with Crippen molar-refractivity contribution < 1.29 is 49.7 Å². The molecule has 0 aliphatic rings. The van der Waals surface area contributed by atoms with Gasteiger partial charge in [-0.05, 0) is 0 Å². The Morgan fingerprint density at radius 3 is 1.68 bits per heavy atom. The van der Waals surface area contributed by atoms with E-state index < -0.39 is 46.0 Å². The Bertz CT molecular complexity index is 588. The lowest BCUT2D eigenvalue weighted by Gasteiger charge is -2.34. The lowest BCUT2D eigenvalue weighted by atomic mass is 10.1. The molecule has 0 amide bonds. The smallest absolute Gasteiger partial charge is 0.460 e. The first-order valence-electron chi connectivity index (χ1n) is 5.09. The van der Waals surface area contributed by atoms with Crippen molar-refractivity contribution in [2.75, 3.05) is 0 Å². The zero-order valence-corrected chi connectivity index (χ0v) is 10.1. The molecule has 0 spiro atoms. The molecule has 1 aromatic rings. The van der Waals surface area contributed by atoms with E-state index in [2.05, 4.69) is 6.58 Å². The topological polar surface area (TPSA) is 45.4 Å². The molecule has 0 atom stereocenters. The SMILES string of the molecule is C=Cc1cc(O)n(C(F)(F)C(F)(F)C(F)(F)C(F)(F)F)c1O. The van der Waals surface area contributed by atoms with Crippen molar-refractivity contribution in [2.45, 2.75) is 24.1 Å². The maximum absolute atomic E-state index is 13.5. The molecule has 0 aromatic carbocycles. The van der Waals surface area contributed by atoms with Crippen LogP contribution in [0.4, 0.5) is 39.5 Å². The zero-order valence-electron chi connectivity index (χ0n) is 10.1. The Morgan fingerprint density at radius 2 is 1.36 bits per heavy atom. The van der Waals surface area contributed by atoms with Crippen LogP contribution in [-0.2, 0) is 6.05 Å².